The molecule has 0 unspecified atom stereocenters. The lowest BCUT2D eigenvalue weighted by Crippen LogP contribution is -2.09. The van der Waals surface area contributed by atoms with Gasteiger partial charge in [0.25, 0.3) is 5.69 Å². The van der Waals surface area contributed by atoms with Crippen molar-refractivity contribution in [2.24, 2.45) is 0 Å². The molecule has 3 N–H and O–H groups in total. The van der Waals surface area contributed by atoms with Crippen molar-refractivity contribution in [3.05, 3.63) is 27.8 Å². The fourth-order valence-electron chi connectivity index (χ4n) is 1.19. The van der Waals surface area contributed by atoms with E-state index in [0.29, 0.717) is 6.07 Å². The predicted molar refractivity (Wildman–Crippen MR) is 56.0 cm³/mol. The number of aromatic carboxylic acids is 1. The van der Waals surface area contributed by atoms with Crippen molar-refractivity contribution in [2.75, 3.05) is 5.32 Å². The van der Waals surface area contributed by atoms with Crippen LogP contribution in [0.3, 0.4) is 0 Å². The third kappa shape index (κ3) is 2.68. The number of amides is 1. The van der Waals surface area contributed by atoms with Crippen molar-refractivity contribution in [2.45, 2.75) is 6.92 Å². The van der Waals surface area contributed by atoms with E-state index in [0.717, 1.165) is 13.0 Å². The molecule has 17 heavy (non-hydrogen) atoms. The van der Waals surface area contributed by atoms with Gasteiger partial charge in [0, 0.05) is 19.1 Å². The van der Waals surface area contributed by atoms with E-state index >= 15 is 0 Å². The summed E-state index contributed by atoms with van der Waals surface area (Å²) in [6.45, 7) is 1.13. The first-order valence-corrected chi connectivity index (χ1v) is 4.35. The van der Waals surface area contributed by atoms with Gasteiger partial charge in [-0.05, 0) is 0 Å². The van der Waals surface area contributed by atoms with Gasteiger partial charge in [-0.1, -0.05) is 0 Å². The first-order chi connectivity index (χ1) is 7.82. The van der Waals surface area contributed by atoms with Crippen LogP contribution in [0.2, 0.25) is 0 Å². The largest absolute Gasteiger partial charge is 0.507 e. The maximum absolute atomic E-state index is 10.8. The molecule has 0 aliphatic heterocycles. The summed E-state index contributed by atoms with van der Waals surface area (Å²) >= 11 is 0. The molecule has 0 radical (unpaired) electrons. The quantitative estimate of drug-likeness (QED) is 0.532. The second-order valence-corrected chi connectivity index (χ2v) is 3.13. The van der Waals surface area contributed by atoms with Crippen LogP contribution in [0.15, 0.2) is 12.1 Å². The van der Waals surface area contributed by atoms with Crippen LogP contribution in [-0.2, 0) is 4.79 Å². The molecule has 0 atom stereocenters. The molecule has 0 aliphatic carbocycles. The van der Waals surface area contributed by atoms with Crippen LogP contribution in [0, 0.1) is 10.1 Å². The minimum atomic E-state index is -1.50. The molecule has 1 aromatic rings. The molecule has 1 aromatic carbocycles. The number of nitro groups is 1. The Labute approximate surface area is 94.6 Å². The lowest BCUT2D eigenvalue weighted by atomic mass is 10.1. The van der Waals surface area contributed by atoms with Gasteiger partial charge >= 0.3 is 5.97 Å². The minimum Gasteiger partial charge on any atom is -0.507 e. The van der Waals surface area contributed by atoms with Gasteiger partial charge < -0.3 is 15.5 Å². The van der Waals surface area contributed by atoms with E-state index < -0.39 is 33.8 Å². The Morgan fingerprint density at radius 1 is 1.41 bits per heavy atom. The summed E-state index contributed by atoms with van der Waals surface area (Å²) in [5, 5.41) is 30.8. The SMILES string of the molecule is CC(=O)Nc1cc(O)c(C(=O)O)cc1[N+](=O)[O-]. The topological polar surface area (TPSA) is 130 Å². The molecule has 0 spiro atoms. The van der Waals surface area contributed by atoms with E-state index in [2.05, 4.69) is 5.32 Å². The first-order valence-electron chi connectivity index (χ1n) is 4.35. The zero-order valence-corrected chi connectivity index (χ0v) is 8.63. The van der Waals surface area contributed by atoms with E-state index in [4.69, 9.17) is 5.11 Å². The molecule has 1 rings (SSSR count). The highest BCUT2D eigenvalue weighted by atomic mass is 16.6. The maximum Gasteiger partial charge on any atom is 0.339 e. The van der Waals surface area contributed by atoms with Crippen molar-refractivity contribution in [1.29, 1.82) is 0 Å². The highest BCUT2D eigenvalue weighted by molar-refractivity contribution is 5.96. The number of hydrogen-bond acceptors (Lipinski definition) is 5. The number of nitrogens with zero attached hydrogens (tertiary/aromatic N) is 1. The van der Waals surface area contributed by atoms with Crippen molar-refractivity contribution in [1.82, 2.24) is 0 Å². The van der Waals surface area contributed by atoms with Gasteiger partial charge in [0.1, 0.15) is 17.0 Å². The Balaban J connectivity index is 3.40. The van der Waals surface area contributed by atoms with Gasteiger partial charge in [-0.25, -0.2) is 4.79 Å². The van der Waals surface area contributed by atoms with E-state index in [1.807, 2.05) is 0 Å². The molecule has 0 aromatic heterocycles. The Bertz CT molecular complexity index is 510. The van der Waals surface area contributed by atoms with Crippen LogP contribution >= 0.6 is 0 Å². The van der Waals surface area contributed by atoms with E-state index in [-0.39, 0.29) is 5.69 Å². The number of benzene rings is 1. The lowest BCUT2D eigenvalue weighted by molar-refractivity contribution is -0.384. The van der Waals surface area contributed by atoms with E-state index in [1.54, 1.807) is 0 Å². The molecular weight excluding hydrogens is 232 g/mol. The second-order valence-electron chi connectivity index (χ2n) is 3.13. The summed E-state index contributed by atoms with van der Waals surface area (Å²) in [6.07, 6.45) is 0. The fourth-order valence-corrected chi connectivity index (χ4v) is 1.19. The molecule has 90 valence electrons. The van der Waals surface area contributed by atoms with Gasteiger partial charge in [-0.3, -0.25) is 14.9 Å². The summed E-state index contributed by atoms with van der Waals surface area (Å²) in [5.41, 5.74) is -1.47. The highest BCUT2D eigenvalue weighted by Gasteiger charge is 2.21. The van der Waals surface area contributed by atoms with Gasteiger partial charge in [-0.15, -0.1) is 0 Å². The first kappa shape index (κ1) is 12.4. The van der Waals surface area contributed by atoms with Crippen molar-refractivity contribution < 1.29 is 24.7 Å². The van der Waals surface area contributed by atoms with E-state index in [1.165, 1.54) is 0 Å². The van der Waals surface area contributed by atoms with Gasteiger partial charge in [-0.2, -0.15) is 0 Å². The standard InChI is InChI=1S/C9H8N2O6/c1-4(12)10-6-3-8(13)5(9(14)15)2-7(6)11(16)17/h2-3,13H,1H3,(H,10,12)(H,14,15). The number of carboxylic acid groups (broad SMARTS) is 1. The molecule has 0 fully saturated rings. The summed E-state index contributed by atoms with van der Waals surface area (Å²) < 4.78 is 0. The fraction of sp³-hybridized carbons (Fsp3) is 0.111. The number of aromatic hydroxyl groups is 1. The highest BCUT2D eigenvalue weighted by Crippen LogP contribution is 2.32. The van der Waals surface area contributed by atoms with Crippen LogP contribution < -0.4 is 5.32 Å². The van der Waals surface area contributed by atoms with Crippen LogP contribution in [0.4, 0.5) is 11.4 Å². The number of carboxylic acids is 1. The number of phenols is 1. The number of hydrogen-bond donors (Lipinski definition) is 3. The van der Waals surface area contributed by atoms with Gasteiger partial charge in [0.15, 0.2) is 0 Å². The Kier molecular flexibility index (Phi) is 3.27. The predicted octanol–water partition coefficient (Wildman–Crippen LogP) is 0.957. The van der Waals surface area contributed by atoms with Crippen LogP contribution in [0.25, 0.3) is 0 Å². The summed E-state index contributed by atoms with van der Waals surface area (Å²) in [6, 6.07) is 1.51. The van der Waals surface area contributed by atoms with Crippen LogP contribution in [0.5, 0.6) is 5.75 Å². The molecule has 0 heterocycles. The Hall–Kier alpha value is -2.64. The van der Waals surface area contributed by atoms with Crippen molar-refractivity contribution in [3.63, 3.8) is 0 Å². The summed E-state index contributed by atoms with van der Waals surface area (Å²) in [7, 11) is 0. The van der Waals surface area contributed by atoms with E-state index in [9.17, 15) is 24.8 Å². The molecule has 8 nitrogen and oxygen atoms in total. The number of nitro benzene ring substituents is 1. The molecule has 0 bridgehead atoms. The summed E-state index contributed by atoms with van der Waals surface area (Å²) in [4.78, 5) is 31.3. The van der Waals surface area contributed by atoms with Crippen LogP contribution in [-0.4, -0.2) is 27.0 Å². The number of carbonyl (C=O) groups is 2. The zero-order chi connectivity index (χ0) is 13.2. The molecule has 0 saturated heterocycles. The minimum absolute atomic E-state index is 0.259. The molecule has 8 heteroatoms. The molecule has 0 saturated carbocycles. The summed E-state index contributed by atoms with van der Waals surface area (Å²) in [5.74, 6) is -2.73. The molecule has 0 aliphatic rings. The van der Waals surface area contributed by atoms with Gasteiger partial charge in [0.2, 0.25) is 5.91 Å². The Morgan fingerprint density at radius 3 is 2.41 bits per heavy atom. The number of anilines is 1. The number of rotatable bonds is 3. The monoisotopic (exact) mass is 240 g/mol. The number of nitrogens with one attached hydrogen (secondary N) is 1. The second kappa shape index (κ2) is 4.47. The number of carbonyl (C=O) groups excluding carboxylic acids is 1. The van der Waals surface area contributed by atoms with Gasteiger partial charge in [0.05, 0.1) is 4.92 Å². The average molecular weight is 240 g/mol. The zero-order valence-electron chi connectivity index (χ0n) is 8.63. The normalized spacial score (nSPS) is 9.71. The van der Waals surface area contributed by atoms with Crippen molar-refractivity contribution in [3.8, 4) is 5.75 Å². The maximum atomic E-state index is 10.8. The molecular formula is C9H8N2O6. The van der Waals surface area contributed by atoms with Crippen molar-refractivity contribution >= 4 is 23.3 Å². The van der Waals surface area contributed by atoms with Crippen LogP contribution in [0.1, 0.15) is 17.3 Å². The third-order valence-electron chi connectivity index (χ3n) is 1.85. The smallest absolute Gasteiger partial charge is 0.339 e. The average Bonchev–Trinajstić information content (AvgIpc) is 2.15. The lowest BCUT2D eigenvalue weighted by Gasteiger charge is -2.06. The molecule has 1 amide bonds. The third-order valence-corrected chi connectivity index (χ3v) is 1.85. The Morgan fingerprint density at radius 2 is 2.00 bits per heavy atom.